The Balaban J connectivity index is 1.73. The Hall–Kier alpha value is -3.50. The maximum atomic E-state index is 12.6. The van der Waals surface area contributed by atoms with E-state index in [9.17, 15) is 9.59 Å². The van der Waals surface area contributed by atoms with Gasteiger partial charge in [0.1, 0.15) is 0 Å². The van der Waals surface area contributed by atoms with Crippen molar-refractivity contribution in [1.29, 1.82) is 0 Å². The van der Waals surface area contributed by atoms with Crippen molar-refractivity contribution in [2.75, 3.05) is 25.7 Å². The fourth-order valence-electron chi connectivity index (χ4n) is 4.23. The van der Waals surface area contributed by atoms with Crippen LogP contribution in [0.25, 0.3) is 27.5 Å². The van der Waals surface area contributed by atoms with Crippen molar-refractivity contribution < 1.29 is 9.59 Å². The average molecular weight is 505 g/mol. The normalized spacial score (nSPS) is 12.1. The Morgan fingerprint density at radius 2 is 2.03 bits per heavy atom. The van der Waals surface area contributed by atoms with E-state index in [4.69, 9.17) is 5.10 Å². The zero-order valence-corrected chi connectivity index (χ0v) is 21.5. The second-order valence-corrected chi connectivity index (χ2v) is 10.2. The molecule has 0 aliphatic heterocycles. The van der Waals surface area contributed by atoms with Gasteiger partial charge in [-0.05, 0) is 49.4 Å². The minimum Gasteiger partial charge on any atom is -0.345 e. The monoisotopic (exact) mass is 504 g/mol. The van der Waals surface area contributed by atoms with Gasteiger partial charge in [-0.3, -0.25) is 14.6 Å². The van der Waals surface area contributed by atoms with Gasteiger partial charge in [-0.25, -0.2) is 9.67 Å². The number of anilines is 1. The first-order chi connectivity index (χ1) is 16.9. The van der Waals surface area contributed by atoms with Crippen LogP contribution in [-0.2, 0) is 17.6 Å². The number of carbonyl (C=O) groups is 2. The Morgan fingerprint density at radius 1 is 1.20 bits per heavy atom. The molecule has 10 heteroatoms. The van der Waals surface area contributed by atoms with Crippen LogP contribution >= 0.6 is 23.1 Å². The van der Waals surface area contributed by atoms with Gasteiger partial charge < -0.3 is 10.2 Å². The molecule has 0 radical (unpaired) electrons. The van der Waals surface area contributed by atoms with Crippen LogP contribution < -0.4 is 5.32 Å². The van der Waals surface area contributed by atoms with Crippen molar-refractivity contribution in [3.05, 3.63) is 59.5 Å². The van der Waals surface area contributed by atoms with Gasteiger partial charge >= 0.3 is 0 Å². The summed E-state index contributed by atoms with van der Waals surface area (Å²) in [6.07, 6.45) is 7.12. The molecule has 0 saturated heterocycles. The summed E-state index contributed by atoms with van der Waals surface area (Å²) in [6, 6.07) is 9.63. The number of nitrogens with zero attached hydrogens (tertiary/aromatic N) is 5. The van der Waals surface area contributed by atoms with E-state index in [1.165, 1.54) is 18.3 Å². The molecule has 0 atom stereocenters. The first-order valence-electron chi connectivity index (χ1n) is 11.1. The van der Waals surface area contributed by atoms with Gasteiger partial charge in [-0.15, -0.1) is 11.8 Å². The summed E-state index contributed by atoms with van der Waals surface area (Å²) < 4.78 is 1.96. The zero-order valence-electron chi connectivity index (χ0n) is 19.8. The number of aryl methyl sites for hydroxylation is 1. The van der Waals surface area contributed by atoms with Crippen molar-refractivity contribution in [3.63, 3.8) is 0 Å². The summed E-state index contributed by atoms with van der Waals surface area (Å²) in [5.41, 5.74) is 6.40. The van der Waals surface area contributed by atoms with E-state index >= 15 is 0 Å². The van der Waals surface area contributed by atoms with Crippen LogP contribution in [0.4, 0.5) is 5.13 Å². The zero-order chi connectivity index (χ0) is 24.7. The lowest BCUT2D eigenvalue weighted by atomic mass is 9.95. The number of nitrogens with one attached hydrogen (secondary N) is 1. The third kappa shape index (κ3) is 4.23. The van der Waals surface area contributed by atoms with E-state index in [0.717, 1.165) is 56.5 Å². The predicted molar refractivity (Wildman–Crippen MR) is 139 cm³/mol. The molecular weight excluding hydrogens is 480 g/mol. The number of aromatic nitrogens is 4. The quantitative estimate of drug-likeness (QED) is 0.401. The van der Waals surface area contributed by atoms with Crippen LogP contribution in [0.5, 0.6) is 0 Å². The highest BCUT2D eigenvalue weighted by Crippen LogP contribution is 2.45. The number of fused-ring (bicyclic) bond motifs is 3. The van der Waals surface area contributed by atoms with E-state index < -0.39 is 0 Å². The molecule has 1 aromatic carbocycles. The van der Waals surface area contributed by atoms with Crippen LogP contribution in [0.1, 0.15) is 28.5 Å². The second-order valence-electron chi connectivity index (χ2n) is 8.39. The fraction of sp³-hybridized carbons (Fsp3) is 0.240. The standard InChI is InChI=1S/C25H24N6O2S2/c1-14(32)27-25-28-18-9-8-17-21(16-6-5-11-26-13-16)29-31(22(17)23(18)35-25)19-10-7-15(12-20(19)34-4)24(33)30(2)3/h5-7,10-13H,8-9H2,1-4H3,(H,27,28,32). The molecule has 0 saturated carbocycles. The summed E-state index contributed by atoms with van der Waals surface area (Å²) >= 11 is 3.03. The highest BCUT2D eigenvalue weighted by Gasteiger charge is 2.30. The molecule has 4 aromatic rings. The third-order valence-corrected chi connectivity index (χ3v) is 7.57. The molecule has 1 aliphatic rings. The SMILES string of the molecule is CSc1cc(C(=O)N(C)C)ccc1-n1nc(-c2cccnc2)c2c1-c1sc(NC(C)=O)nc1CC2. The van der Waals surface area contributed by atoms with Gasteiger partial charge in [-0.1, -0.05) is 11.3 Å². The van der Waals surface area contributed by atoms with Crippen molar-refractivity contribution in [2.45, 2.75) is 24.7 Å². The number of amides is 2. The fourth-order valence-corrected chi connectivity index (χ4v) is 5.95. The molecule has 1 N–H and O–H groups in total. The summed E-state index contributed by atoms with van der Waals surface area (Å²) in [5, 5.41) is 8.49. The summed E-state index contributed by atoms with van der Waals surface area (Å²) in [5.74, 6) is -0.193. The maximum absolute atomic E-state index is 12.6. The molecule has 35 heavy (non-hydrogen) atoms. The number of benzene rings is 1. The van der Waals surface area contributed by atoms with Crippen LogP contribution in [0, 0.1) is 0 Å². The predicted octanol–water partition coefficient (Wildman–Crippen LogP) is 4.54. The summed E-state index contributed by atoms with van der Waals surface area (Å²) in [7, 11) is 3.49. The number of carbonyl (C=O) groups excluding carboxylic acids is 2. The van der Waals surface area contributed by atoms with E-state index in [1.54, 1.807) is 37.0 Å². The number of thiazole rings is 1. The van der Waals surface area contributed by atoms with Gasteiger partial charge in [0.25, 0.3) is 5.91 Å². The van der Waals surface area contributed by atoms with Gasteiger partial charge in [-0.2, -0.15) is 5.10 Å². The van der Waals surface area contributed by atoms with E-state index in [2.05, 4.69) is 15.3 Å². The Morgan fingerprint density at radius 3 is 2.71 bits per heavy atom. The molecular formula is C25H24N6O2S2. The van der Waals surface area contributed by atoms with Crippen molar-refractivity contribution in [2.24, 2.45) is 0 Å². The number of pyridine rings is 1. The average Bonchev–Trinajstić information content (AvgIpc) is 3.44. The van der Waals surface area contributed by atoms with Gasteiger partial charge in [0.2, 0.25) is 5.91 Å². The smallest absolute Gasteiger partial charge is 0.253 e. The Bertz CT molecular complexity index is 1440. The Kier molecular flexibility index (Phi) is 6.16. The highest BCUT2D eigenvalue weighted by atomic mass is 32.2. The van der Waals surface area contributed by atoms with Crippen molar-refractivity contribution >= 4 is 40.0 Å². The molecule has 8 nitrogen and oxygen atoms in total. The second kappa shape index (κ2) is 9.27. The summed E-state index contributed by atoms with van der Waals surface area (Å²) in [6.45, 7) is 1.48. The van der Waals surface area contributed by atoms with Crippen molar-refractivity contribution in [3.8, 4) is 27.5 Å². The van der Waals surface area contributed by atoms with Crippen molar-refractivity contribution in [1.82, 2.24) is 24.6 Å². The van der Waals surface area contributed by atoms with E-state index in [0.29, 0.717) is 10.7 Å². The minimum atomic E-state index is -0.147. The van der Waals surface area contributed by atoms with Gasteiger partial charge in [0.05, 0.1) is 27.6 Å². The molecule has 3 heterocycles. The minimum absolute atomic E-state index is 0.0462. The van der Waals surface area contributed by atoms with Crippen LogP contribution in [0.2, 0.25) is 0 Å². The number of hydrogen-bond donors (Lipinski definition) is 1. The van der Waals surface area contributed by atoms with Crippen LogP contribution in [0.3, 0.4) is 0 Å². The number of hydrogen-bond acceptors (Lipinski definition) is 7. The van der Waals surface area contributed by atoms with Crippen LogP contribution in [-0.4, -0.2) is 56.8 Å². The molecule has 1 aliphatic carbocycles. The lowest BCUT2D eigenvalue weighted by Crippen LogP contribution is -2.21. The molecule has 178 valence electrons. The molecule has 0 fully saturated rings. The molecule has 0 unspecified atom stereocenters. The Labute approximate surface area is 211 Å². The first kappa shape index (κ1) is 23.3. The topological polar surface area (TPSA) is 93.0 Å². The molecule has 0 bridgehead atoms. The van der Waals surface area contributed by atoms with Gasteiger partial charge in [0.15, 0.2) is 5.13 Å². The third-order valence-electron chi connectivity index (χ3n) is 5.79. The van der Waals surface area contributed by atoms with E-state index in [1.807, 2.05) is 47.5 Å². The lowest BCUT2D eigenvalue weighted by Gasteiger charge is -2.17. The molecule has 3 aromatic heterocycles. The lowest BCUT2D eigenvalue weighted by molar-refractivity contribution is -0.114. The number of rotatable bonds is 5. The molecule has 0 spiro atoms. The number of thioether (sulfide) groups is 1. The first-order valence-corrected chi connectivity index (χ1v) is 13.1. The highest BCUT2D eigenvalue weighted by molar-refractivity contribution is 7.98. The van der Waals surface area contributed by atoms with Crippen LogP contribution in [0.15, 0.2) is 47.6 Å². The maximum Gasteiger partial charge on any atom is 0.253 e. The van der Waals surface area contributed by atoms with E-state index in [-0.39, 0.29) is 11.8 Å². The summed E-state index contributed by atoms with van der Waals surface area (Å²) in [4.78, 5) is 36.7. The molecule has 2 amide bonds. The molecule has 5 rings (SSSR count). The largest absolute Gasteiger partial charge is 0.345 e. The van der Waals surface area contributed by atoms with Gasteiger partial charge in [0, 0.05) is 55.0 Å².